The first-order chi connectivity index (χ1) is 13.1. The molecule has 0 saturated heterocycles. The number of nitrogens with one attached hydrogen (secondary N) is 3. The highest BCUT2D eigenvalue weighted by Crippen LogP contribution is 2.29. The fourth-order valence-corrected chi connectivity index (χ4v) is 2.81. The highest BCUT2D eigenvalue weighted by molar-refractivity contribution is 9.10. The van der Waals surface area contributed by atoms with Gasteiger partial charge in [0.15, 0.2) is 5.11 Å². The summed E-state index contributed by atoms with van der Waals surface area (Å²) < 4.78 is -1.10. The number of benzene rings is 2. The molecule has 28 heavy (non-hydrogen) atoms. The standard InChI is InChI=1S/C16H12BrCl3N4O3S/c17-10-3-1-9(2-4-10)13(25)22-14(16(18,19)20)23-15(28)21-11-5-7-12(8-6-11)24(26)27/h1-8,14H,(H,22,25)(H2,21,23,28). The van der Waals surface area contributed by atoms with Crippen LogP contribution in [0.1, 0.15) is 10.4 Å². The number of halogens is 4. The zero-order valence-electron chi connectivity index (χ0n) is 13.8. The Bertz CT molecular complexity index is 876. The molecule has 0 aliphatic heterocycles. The molecule has 2 rings (SSSR count). The number of nitro benzene ring substituents is 1. The molecule has 1 amide bonds. The second kappa shape index (κ2) is 9.71. The summed E-state index contributed by atoms with van der Waals surface area (Å²) in [5.41, 5.74) is 0.772. The van der Waals surface area contributed by atoms with Gasteiger partial charge in [-0.1, -0.05) is 50.7 Å². The van der Waals surface area contributed by atoms with E-state index in [0.717, 1.165) is 4.47 Å². The van der Waals surface area contributed by atoms with E-state index in [1.807, 2.05) is 0 Å². The Morgan fingerprint density at radius 2 is 1.64 bits per heavy atom. The molecule has 7 nitrogen and oxygen atoms in total. The number of non-ortho nitro benzene ring substituents is 1. The molecule has 2 aromatic rings. The van der Waals surface area contributed by atoms with Gasteiger partial charge in [0, 0.05) is 27.9 Å². The van der Waals surface area contributed by atoms with Crippen molar-refractivity contribution in [1.29, 1.82) is 0 Å². The molecule has 0 aromatic heterocycles. The summed E-state index contributed by atoms with van der Waals surface area (Å²) in [5.74, 6) is -0.477. The molecule has 148 valence electrons. The quantitative estimate of drug-likeness (QED) is 0.171. The fourth-order valence-electron chi connectivity index (χ4n) is 1.98. The number of hydrogen-bond donors (Lipinski definition) is 3. The molecule has 0 aliphatic carbocycles. The summed E-state index contributed by atoms with van der Waals surface area (Å²) in [6.45, 7) is 0. The van der Waals surface area contributed by atoms with Gasteiger partial charge in [0.25, 0.3) is 11.6 Å². The first-order valence-corrected chi connectivity index (χ1v) is 9.85. The van der Waals surface area contributed by atoms with E-state index in [1.54, 1.807) is 24.3 Å². The van der Waals surface area contributed by atoms with Crippen molar-refractivity contribution in [3.05, 3.63) is 68.7 Å². The van der Waals surface area contributed by atoms with Gasteiger partial charge < -0.3 is 16.0 Å². The molecule has 3 N–H and O–H groups in total. The minimum absolute atomic E-state index is 0.0429. The average Bonchev–Trinajstić information content (AvgIpc) is 2.61. The van der Waals surface area contributed by atoms with Gasteiger partial charge in [0.05, 0.1) is 4.92 Å². The predicted octanol–water partition coefficient (Wildman–Crippen LogP) is 4.77. The van der Waals surface area contributed by atoms with Gasteiger partial charge in [0.1, 0.15) is 6.17 Å². The highest BCUT2D eigenvalue weighted by Gasteiger charge is 2.34. The normalized spacial score (nSPS) is 12.0. The van der Waals surface area contributed by atoms with Crippen molar-refractivity contribution in [3.63, 3.8) is 0 Å². The Morgan fingerprint density at radius 3 is 2.14 bits per heavy atom. The monoisotopic (exact) mass is 524 g/mol. The third kappa shape index (κ3) is 6.75. The first kappa shape index (κ1) is 22.6. The molecule has 0 spiro atoms. The van der Waals surface area contributed by atoms with E-state index in [4.69, 9.17) is 47.0 Å². The number of hydrogen-bond acceptors (Lipinski definition) is 4. The van der Waals surface area contributed by atoms with Crippen molar-refractivity contribution in [3.8, 4) is 0 Å². The first-order valence-electron chi connectivity index (χ1n) is 7.51. The van der Waals surface area contributed by atoms with Gasteiger partial charge in [-0.2, -0.15) is 0 Å². The van der Waals surface area contributed by atoms with E-state index in [9.17, 15) is 14.9 Å². The molecule has 0 aliphatic rings. The van der Waals surface area contributed by atoms with Crippen LogP contribution in [-0.2, 0) is 0 Å². The number of carbonyl (C=O) groups excluding carboxylic acids is 1. The molecule has 0 radical (unpaired) electrons. The highest BCUT2D eigenvalue weighted by atomic mass is 79.9. The van der Waals surface area contributed by atoms with Gasteiger partial charge in [-0.15, -0.1) is 0 Å². The summed E-state index contributed by atoms with van der Waals surface area (Å²) in [6.07, 6.45) is -1.15. The number of carbonyl (C=O) groups is 1. The summed E-state index contributed by atoms with van der Waals surface area (Å²) in [4.78, 5) is 22.6. The molecule has 12 heteroatoms. The van der Waals surface area contributed by atoms with E-state index >= 15 is 0 Å². The molecule has 0 saturated carbocycles. The molecule has 0 fully saturated rings. The van der Waals surface area contributed by atoms with E-state index in [2.05, 4.69) is 31.9 Å². The fraction of sp³-hybridized carbons (Fsp3) is 0.125. The largest absolute Gasteiger partial charge is 0.339 e. The van der Waals surface area contributed by atoms with Crippen molar-refractivity contribution in [2.24, 2.45) is 0 Å². The van der Waals surface area contributed by atoms with Gasteiger partial charge in [-0.05, 0) is 48.6 Å². The van der Waals surface area contributed by atoms with Crippen molar-refractivity contribution in [2.45, 2.75) is 9.96 Å². The SMILES string of the molecule is O=C(NC(NC(=S)Nc1ccc([N+](=O)[O-])cc1)C(Cl)(Cl)Cl)c1ccc(Br)cc1. The van der Waals surface area contributed by atoms with Crippen LogP contribution in [0.5, 0.6) is 0 Å². The third-order valence-corrected chi connectivity index (χ3v) is 4.72. The number of alkyl halides is 3. The van der Waals surface area contributed by atoms with Gasteiger partial charge in [-0.3, -0.25) is 14.9 Å². The van der Waals surface area contributed by atoms with Crippen LogP contribution in [0.3, 0.4) is 0 Å². The Kier molecular flexibility index (Phi) is 7.85. The van der Waals surface area contributed by atoms with Crippen molar-refractivity contribution in [2.75, 3.05) is 5.32 Å². The maximum absolute atomic E-state index is 12.4. The van der Waals surface area contributed by atoms with Crippen LogP contribution in [0, 0.1) is 10.1 Å². The number of thiocarbonyl (C=S) groups is 1. The minimum Gasteiger partial charge on any atom is -0.339 e. The number of nitro groups is 1. The average molecular weight is 527 g/mol. The van der Waals surface area contributed by atoms with Gasteiger partial charge in [0.2, 0.25) is 3.79 Å². The lowest BCUT2D eigenvalue weighted by Crippen LogP contribution is -2.56. The molecular weight excluding hydrogens is 515 g/mol. The lowest BCUT2D eigenvalue weighted by molar-refractivity contribution is -0.384. The summed E-state index contributed by atoms with van der Waals surface area (Å²) >= 11 is 26.3. The van der Waals surface area contributed by atoms with Crippen molar-refractivity contribution in [1.82, 2.24) is 10.6 Å². The second-order valence-corrected chi connectivity index (χ2v) is 9.05. The summed E-state index contributed by atoms with van der Waals surface area (Å²) in [7, 11) is 0. The maximum Gasteiger partial charge on any atom is 0.269 e. The minimum atomic E-state index is -1.91. The summed E-state index contributed by atoms with van der Waals surface area (Å²) in [5, 5.41) is 18.8. The molecule has 0 heterocycles. The lowest BCUT2D eigenvalue weighted by Gasteiger charge is -2.27. The zero-order valence-corrected chi connectivity index (χ0v) is 18.5. The number of nitrogens with zero attached hydrogens (tertiary/aromatic N) is 1. The lowest BCUT2D eigenvalue weighted by atomic mass is 10.2. The van der Waals surface area contributed by atoms with Gasteiger partial charge in [-0.25, -0.2) is 0 Å². The van der Waals surface area contributed by atoms with Crippen molar-refractivity contribution < 1.29 is 9.72 Å². The van der Waals surface area contributed by atoms with Gasteiger partial charge >= 0.3 is 0 Å². The van der Waals surface area contributed by atoms with E-state index in [-0.39, 0.29) is 10.8 Å². The van der Waals surface area contributed by atoms with E-state index in [0.29, 0.717) is 11.3 Å². The van der Waals surface area contributed by atoms with E-state index < -0.39 is 20.8 Å². The second-order valence-electron chi connectivity index (χ2n) is 5.36. The number of anilines is 1. The number of amides is 1. The predicted molar refractivity (Wildman–Crippen MR) is 118 cm³/mol. The maximum atomic E-state index is 12.4. The molecule has 1 unspecified atom stereocenters. The van der Waals surface area contributed by atoms with Crippen LogP contribution >= 0.6 is 63.0 Å². The third-order valence-electron chi connectivity index (χ3n) is 3.32. The van der Waals surface area contributed by atoms with E-state index in [1.165, 1.54) is 24.3 Å². The van der Waals surface area contributed by atoms with Crippen LogP contribution in [-0.4, -0.2) is 25.9 Å². The van der Waals surface area contributed by atoms with Crippen LogP contribution in [0.25, 0.3) is 0 Å². The van der Waals surface area contributed by atoms with Crippen LogP contribution in [0.4, 0.5) is 11.4 Å². The Hall–Kier alpha value is -1.65. The zero-order chi connectivity index (χ0) is 20.9. The smallest absolute Gasteiger partial charge is 0.269 e. The number of rotatable bonds is 5. The molecule has 2 aromatic carbocycles. The Labute approximate surface area is 189 Å². The Balaban J connectivity index is 2.04. The molecular formula is C16H12BrCl3N4O3S. The molecule has 1 atom stereocenters. The Morgan fingerprint density at radius 1 is 1.07 bits per heavy atom. The molecule has 0 bridgehead atoms. The topological polar surface area (TPSA) is 96.3 Å². The van der Waals surface area contributed by atoms with Crippen LogP contribution < -0.4 is 16.0 Å². The van der Waals surface area contributed by atoms with Crippen LogP contribution in [0.15, 0.2) is 53.0 Å². The van der Waals surface area contributed by atoms with Crippen LogP contribution in [0.2, 0.25) is 0 Å². The van der Waals surface area contributed by atoms with Crippen molar-refractivity contribution >= 4 is 85.3 Å². The summed E-state index contributed by atoms with van der Waals surface area (Å²) in [6, 6.07) is 12.2.